The van der Waals surface area contributed by atoms with Gasteiger partial charge in [-0.15, -0.1) is 0 Å². The lowest BCUT2D eigenvalue weighted by Gasteiger charge is -2.27. The van der Waals surface area contributed by atoms with E-state index < -0.39 is 0 Å². The maximum atomic E-state index is 5.78. The molecular formula is C15H26N6O3. The first-order valence-corrected chi connectivity index (χ1v) is 8.60. The average molecular weight is 338 g/mol. The smallest absolute Gasteiger partial charge is 0.323 e. The van der Waals surface area contributed by atoms with Gasteiger partial charge in [0.25, 0.3) is 0 Å². The molecule has 2 saturated heterocycles. The summed E-state index contributed by atoms with van der Waals surface area (Å²) in [5.41, 5.74) is 0. The summed E-state index contributed by atoms with van der Waals surface area (Å²) in [6, 6.07) is 0.371. The Hall–Kier alpha value is -1.71. The number of rotatable bonds is 7. The molecule has 1 N–H and O–H groups in total. The van der Waals surface area contributed by atoms with Gasteiger partial charge in [0.2, 0.25) is 11.9 Å². The Morgan fingerprint density at radius 2 is 1.71 bits per heavy atom. The SMILES string of the molecule is CCNc1nc(OCCN2CCOCC2)nc(N2CCOCC2)n1. The van der Waals surface area contributed by atoms with Crippen molar-refractivity contribution in [2.45, 2.75) is 6.92 Å². The van der Waals surface area contributed by atoms with Gasteiger partial charge in [0.1, 0.15) is 6.61 Å². The van der Waals surface area contributed by atoms with Crippen LogP contribution in [0.4, 0.5) is 11.9 Å². The molecule has 0 amide bonds. The minimum Gasteiger partial charge on any atom is -0.462 e. The van der Waals surface area contributed by atoms with Crippen LogP contribution in [0, 0.1) is 0 Å². The number of nitrogens with one attached hydrogen (secondary N) is 1. The van der Waals surface area contributed by atoms with E-state index in [1.54, 1.807) is 0 Å². The van der Waals surface area contributed by atoms with Crippen LogP contribution in [-0.4, -0.2) is 92.2 Å². The number of ether oxygens (including phenoxy) is 3. The molecule has 0 aromatic carbocycles. The summed E-state index contributed by atoms with van der Waals surface area (Å²) in [5.74, 6) is 1.20. The van der Waals surface area contributed by atoms with E-state index in [0.717, 1.165) is 52.5 Å². The van der Waals surface area contributed by atoms with Crippen LogP contribution in [0.3, 0.4) is 0 Å². The van der Waals surface area contributed by atoms with Crippen molar-refractivity contribution in [3.63, 3.8) is 0 Å². The van der Waals surface area contributed by atoms with Crippen molar-refractivity contribution in [3.8, 4) is 6.01 Å². The molecule has 2 aliphatic rings. The molecule has 3 rings (SSSR count). The Kier molecular flexibility index (Phi) is 6.39. The highest BCUT2D eigenvalue weighted by atomic mass is 16.5. The predicted molar refractivity (Wildman–Crippen MR) is 89.8 cm³/mol. The van der Waals surface area contributed by atoms with Crippen LogP contribution in [0.25, 0.3) is 0 Å². The van der Waals surface area contributed by atoms with Crippen molar-refractivity contribution in [1.82, 2.24) is 19.9 Å². The molecule has 1 aromatic rings. The summed E-state index contributed by atoms with van der Waals surface area (Å²) in [4.78, 5) is 17.7. The normalized spacial score (nSPS) is 19.3. The first kappa shape index (κ1) is 17.1. The maximum Gasteiger partial charge on any atom is 0.323 e. The summed E-state index contributed by atoms with van der Waals surface area (Å²) in [7, 11) is 0. The fraction of sp³-hybridized carbons (Fsp3) is 0.800. The molecule has 0 radical (unpaired) electrons. The van der Waals surface area contributed by atoms with Crippen molar-refractivity contribution in [1.29, 1.82) is 0 Å². The van der Waals surface area contributed by atoms with Crippen LogP contribution in [0.15, 0.2) is 0 Å². The zero-order chi connectivity index (χ0) is 16.6. The second-order valence-corrected chi connectivity index (χ2v) is 5.67. The topological polar surface area (TPSA) is 84.9 Å². The van der Waals surface area contributed by atoms with Crippen molar-refractivity contribution in [3.05, 3.63) is 0 Å². The molecule has 9 heteroatoms. The molecule has 0 aliphatic carbocycles. The number of nitrogens with zero attached hydrogens (tertiary/aromatic N) is 5. The van der Waals surface area contributed by atoms with E-state index in [9.17, 15) is 0 Å². The fourth-order valence-electron chi connectivity index (χ4n) is 2.64. The summed E-state index contributed by atoms with van der Waals surface area (Å²) < 4.78 is 16.5. The Balaban J connectivity index is 1.60. The number of hydrogen-bond donors (Lipinski definition) is 1. The molecule has 2 aliphatic heterocycles. The van der Waals surface area contributed by atoms with Gasteiger partial charge in [-0.25, -0.2) is 0 Å². The zero-order valence-corrected chi connectivity index (χ0v) is 14.2. The second-order valence-electron chi connectivity index (χ2n) is 5.67. The lowest BCUT2D eigenvalue weighted by atomic mass is 10.4. The van der Waals surface area contributed by atoms with E-state index in [1.807, 2.05) is 6.92 Å². The molecular weight excluding hydrogens is 312 g/mol. The van der Waals surface area contributed by atoms with Crippen molar-refractivity contribution in [2.75, 3.05) is 82.5 Å². The third-order valence-corrected chi connectivity index (χ3v) is 3.97. The molecule has 0 saturated carbocycles. The highest BCUT2D eigenvalue weighted by Crippen LogP contribution is 2.16. The molecule has 0 unspecified atom stereocenters. The molecule has 2 fully saturated rings. The summed E-state index contributed by atoms with van der Waals surface area (Å²) in [6.07, 6.45) is 0. The van der Waals surface area contributed by atoms with Gasteiger partial charge < -0.3 is 24.4 Å². The second kappa shape index (κ2) is 8.95. The van der Waals surface area contributed by atoms with Gasteiger partial charge in [-0.05, 0) is 6.92 Å². The Bertz CT molecular complexity index is 506. The lowest BCUT2D eigenvalue weighted by molar-refractivity contribution is 0.0317. The van der Waals surface area contributed by atoms with Crippen LogP contribution in [0.5, 0.6) is 6.01 Å². The summed E-state index contributed by atoms with van der Waals surface area (Å²) >= 11 is 0. The molecule has 134 valence electrons. The minimum absolute atomic E-state index is 0.371. The third kappa shape index (κ3) is 4.89. The maximum absolute atomic E-state index is 5.78. The Labute approximate surface area is 142 Å². The van der Waals surface area contributed by atoms with Gasteiger partial charge in [0.15, 0.2) is 0 Å². The van der Waals surface area contributed by atoms with Crippen LogP contribution in [0.1, 0.15) is 6.92 Å². The van der Waals surface area contributed by atoms with E-state index in [1.165, 1.54) is 0 Å². The molecule has 0 bridgehead atoms. The van der Waals surface area contributed by atoms with E-state index in [4.69, 9.17) is 14.2 Å². The Morgan fingerprint density at radius 1 is 1.00 bits per heavy atom. The molecule has 24 heavy (non-hydrogen) atoms. The molecule has 9 nitrogen and oxygen atoms in total. The largest absolute Gasteiger partial charge is 0.462 e. The van der Waals surface area contributed by atoms with Gasteiger partial charge in [0.05, 0.1) is 26.4 Å². The van der Waals surface area contributed by atoms with Crippen molar-refractivity contribution >= 4 is 11.9 Å². The first-order valence-electron chi connectivity index (χ1n) is 8.60. The quantitative estimate of drug-likeness (QED) is 0.729. The average Bonchev–Trinajstić information content (AvgIpc) is 2.63. The molecule has 0 atom stereocenters. The van der Waals surface area contributed by atoms with Crippen LogP contribution < -0.4 is 15.0 Å². The molecule has 3 heterocycles. The van der Waals surface area contributed by atoms with Gasteiger partial charge in [-0.1, -0.05) is 0 Å². The first-order chi connectivity index (χ1) is 11.8. The van der Waals surface area contributed by atoms with Crippen molar-refractivity contribution < 1.29 is 14.2 Å². The number of morpholine rings is 2. The zero-order valence-electron chi connectivity index (χ0n) is 14.2. The van der Waals surface area contributed by atoms with Gasteiger partial charge >= 0.3 is 6.01 Å². The molecule has 0 spiro atoms. The van der Waals surface area contributed by atoms with Crippen molar-refractivity contribution in [2.24, 2.45) is 0 Å². The van der Waals surface area contributed by atoms with Gasteiger partial charge in [0, 0.05) is 39.3 Å². The Morgan fingerprint density at radius 3 is 2.42 bits per heavy atom. The molecule has 1 aromatic heterocycles. The van der Waals surface area contributed by atoms with Gasteiger partial charge in [-0.3, -0.25) is 4.90 Å². The summed E-state index contributed by atoms with van der Waals surface area (Å²) in [5, 5.41) is 3.14. The van der Waals surface area contributed by atoms with Crippen LogP contribution in [0.2, 0.25) is 0 Å². The van der Waals surface area contributed by atoms with Crippen LogP contribution in [-0.2, 0) is 9.47 Å². The number of hydrogen-bond acceptors (Lipinski definition) is 9. The van der Waals surface area contributed by atoms with E-state index in [2.05, 4.69) is 30.1 Å². The summed E-state index contributed by atoms with van der Waals surface area (Å²) in [6.45, 7) is 10.6. The predicted octanol–water partition coefficient (Wildman–Crippen LogP) is -0.149. The highest BCUT2D eigenvalue weighted by molar-refractivity contribution is 5.38. The number of aromatic nitrogens is 3. The van der Waals surface area contributed by atoms with E-state index in [-0.39, 0.29) is 0 Å². The highest BCUT2D eigenvalue weighted by Gasteiger charge is 2.17. The third-order valence-electron chi connectivity index (χ3n) is 3.97. The standard InChI is InChI=1S/C15H26N6O3/c1-2-16-13-17-14(21-6-10-23-11-7-21)19-15(18-13)24-12-5-20-3-8-22-9-4-20/h2-12H2,1H3,(H,16,17,18,19). The van der Waals surface area contributed by atoms with E-state index >= 15 is 0 Å². The van der Waals surface area contributed by atoms with Crippen LogP contribution >= 0.6 is 0 Å². The number of anilines is 2. The lowest BCUT2D eigenvalue weighted by Crippen LogP contribution is -2.39. The monoisotopic (exact) mass is 338 g/mol. The fourth-order valence-corrected chi connectivity index (χ4v) is 2.64. The van der Waals surface area contributed by atoms with Gasteiger partial charge in [-0.2, -0.15) is 15.0 Å². The van der Waals surface area contributed by atoms with E-state index in [0.29, 0.717) is 37.7 Å². The minimum atomic E-state index is 0.371.